The lowest BCUT2D eigenvalue weighted by Gasteiger charge is -2.36. The van der Waals surface area contributed by atoms with E-state index < -0.39 is 0 Å². The van der Waals surface area contributed by atoms with Gasteiger partial charge in [-0.2, -0.15) is 0 Å². The topological polar surface area (TPSA) is 74.2 Å². The molecule has 3 aromatic rings. The maximum Gasteiger partial charge on any atom is 0.258 e. The molecule has 1 saturated heterocycles. The van der Waals surface area contributed by atoms with E-state index in [-0.39, 0.29) is 11.7 Å². The summed E-state index contributed by atoms with van der Waals surface area (Å²) in [6.45, 7) is 2.82. The molecule has 0 spiro atoms. The number of nitrogens with zero attached hydrogens (tertiary/aromatic N) is 5. The molecule has 0 unspecified atom stereocenters. The van der Waals surface area contributed by atoms with Crippen LogP contribution in [0.5, 0.6) is 0 Å². The van der Waals surface area contributed by atoms with Crippen LogP contribution in [0.15, 0.2) is 60.9 Å². The van der Waals surface area contributed by atoms with Gasteiger partial charge in [0.2, 0.25) is 0 Å². The van der Waals surface area contributed by atoms with Crippen molar-refractivity contribution in [2.24, 2.45) is 0 Å². The number of amides is 1. The fourth-order valence-electron chi connectivity index (χ4n) is 3.13. The van der Waals surface area contributed by atoms with Crippen LogP contribution in [-0.2, 0) is 0 Å². The van der Waals surface area contributed by atoms with Crippen LogP contribution in [0.25, 0.3) is 0 Å². The number of anilines is 3. The molecule has 1 aromatic carbocycles. The third-order valence-electron chi connectivity index (χ3n) is 4.61. The van der Waals surface area contributed by atoms with Crippen LogP contribution >= 0.6 is 0 Å². The molecule has 1 aliphatic rings. The highest BCUT2D eigenvalue weighted by Gasteiger charge is 2.20. The minimum absolute atomic E-state index is 0.204. The van der Waals surface area contributed by atoms with Gasteiger partial charge in [0.05, 0.1) is 11.3 Å². The molecule has 3 heterocycles. The smallest absolute Gasteiger partial charge is 0.258 e. The van der Waals surface area contributed by atoms with Crippen LogP contribution in [0.3, 0.4) is 0 Å². The zero-order valence-electron chi connectivity index (χ0n) is 15.1. The summed E-state index contributed by atoms with van der Waals surface area (Å²) in [6.07, 6.45) is 3.10. The molecule has 8 heteroatoms. The average Bonchev–Trinajstić information content (AvgIpc) is 2.75. The van der Waals surface area contributed by atoms with E-state index in [0.717, 1.165) is 5.82 Å². The van der Waals surface area contributed by atoms with Crippen LogP contribution in [0, 0.1) is 5.82 Å². The van der Waals surface area contributed by atoms with Crippen molar-refractivity contribution < 1.29 is 9.18 Å². The number of rotatable bonds is 4. The Morgan fingerprint density at radius 3 is 2.39 bits per heavy atom. The molecule has 142 valence electrons. The Hall–Kier alpha value is -3.55. The van der Waals surface area contributed by atoms with Crippen molar-refractivity contribution in [1.82, 2.24) is 15.2 Å². The number of benzene rings is 1. The van der Waals surface area contributed by atoms with Gasteiger partial charge in [-0.3, -0.25) is 9.78 Å². The van der Waals surface area contributed by atoms with E-state index in [1.807, 2.05) is 17.0 Å². The summed E-state index contributed by atoms with van der Waals surface area (Å²) < 4.78 is 13.9. The molecule has 7 nitrogen and oxygen atoms in total. The Morgan fingerprint density at radius 2 is 1.71 bits per heavy atom. The highest BCUT2D eigenvalue weighted by molar-refractivity contribution is 6.03. The highest BCUT2D eigenvalue weighted by atomic mass is 19.1. The zero-order valence-corrected chi connectivity index (χ0v) is 15.1. The second-order valence-corrected chi connectivity index (χ2v) is 6.40. The Kier molecular flexibility index (Phi) is 5.09. The largest absolute Gasteiger partial charge is 0.366 e. The Bertz CT molecular complexity index is 942. The fraction of sp³-hybridized carbons (Fsp3) is 0.200. The van der Waals surface area contributed by atoms with Crippen LogP contribution in [0.1, 0.15) is 10.4 Å². The lowest BCUT2D eigenvalue weighted by atomic mass is 10.2. The van der Waals surface area contributed by atoms with Gasteiger partial charge < -0.3 is 15.1 Å². The van der Waals surface area contributed by atoms with Gasteiger partial charge in [0.25, 0.3) is 5.91 Å². The second-order valence-electron chi connectivity index (χ2n) is 6.40. The number of carbonyl (C=O) groups excluding carboxylic acids is 1. The number of piperazine rings is 1. The van der Waals surface area contributed by atoms with Crippen LogP contribution in [-0.4, -0.2) is 47.3 Å². The number of hydrogen-bond acceptors (Lipinski definition) is 6. The Balaban J connectivity index is 1.36. The number of pyridine rings is 1. The normalized spacial score (nSPS) is 14.0. The summed E-state index contributed by atoms with van der Waals surface area (Å²) in [5.74, 6) is 0.619. The summed E-state index contributed by atoms with van der Waals surface area (Å²) >= 11 is 0. The maximum absolute atomic E-state index is 13.9. The third kappa shape index (κ3) is 3.90. The number of halogens is 1. The van der Waals surface area contributed by atoms with E-state index in [9.17, 15) is 9.18 Å². The minimum atomic E-state index is -0.284. The molecule has 0 radical (unpaired) electrons. The summed E-state index contributed by atoms with van der Waals surface area (Å²) in [5, 5.41) is 11.0. The first kappa shape index (κ1) is 17.8. The van der Waals surface area contributed by atoms with E-state index in [2.05, 4.69) is 25.4 Å². The Labute approximate surface area is 161 Å². The van der Waals surface area contributed by atoms with Crippen LogP contribution in [0.4, 0.5) is 21.7 Å². The molecule has 1 fully saturated rings. The maximum atomic E-state index is 13.9. The second kappa shape index (κ2) is 7.99. The molecule has 0 aliphatic carbocycles. The molecule has 4 rings (SSSR count). The molecular formula is C20H19FN6O. The molecule has 1 aliphatic heterocycles. The molecule has 2 aromatic heterocycles. The van der Waals surface area contributed by atoms with Gasteiger partial charge in [0.1, 0.15) is 5.82 Å². The lowest BCUT2D eigenvalue weighted by molar-refractivity contribution is 0.102. The van der Waals surface area contributed by atoms with Crippen molar-refractivity contribution in [3.8, 4) is 0 Å². The van der Waals surface area contributed by atoms with Crippen LogP contribution < -0.4 is 15.1 Å². The van der Waals surface area contributed by atoms with Crippen molar-refractivity contribution >= 4 is 23.2 Å². The predicted octanol–water partition coefficient (Wildman–Crippen LogP) is 2.59. The fourth-order valence-corrected chi connectivity index (χ4v) is 3.13. The highest BCUT2D eigenvalue weighted by Crippen LogP contribution is 2.22. The number of carbonyl (C=O) groups is 1. The van der Waals surface area contributed by atoms with E-state index in [4.69, 9.17) is 0 Å². The molecule has 1 amide bonds. The van der Waals surface area contributed by atoms with E-state index in [0.29, 0.717) is 43.2 Å². The van der Waals surface area contributed by atoms with Gasteiger partial charge in [-0.05, 0) is 36.4 Å². The summed E-state index contributed by atoms with van der Waals surface area (Å²) in [5.41, 5.74) is 1.08. The molecule has 1 N–H and O–H groups in total. The monoisotopic (exact) mass is 378 g/mol. The molecule has 0 saturated carbocycles. The van der Waals surface area contributed by atoms with Crippen molar-refractivity contribution in [1.29, 1.82) is 0 Å². The van der Waals surface area contributed by atoms with Gasteiger partial charge in [0.15, 0.2) is 11.6 Å². The lowest BCUT2D eigenvalue weighted by Crippen LogP contribution is -2.47. The van der Waals surface area contributed by atoms with Gasteiger partial charge >= 0.3 is 0 Å². The summed E-state index contributed by atoms with van der Waals surface area (Å²) in [6, 6.07) is 13.7. The number of para-hydroxylation sites is 1. The van der Waals surface area contributed by atoms with Gasteiger partial charge in [0, 0.05) is 38.6 Å². The minimum Gasteiger partial charge on any atom is -0.366 e. The van der Waals surface area contributed by atoms with Crippen molar-refractivity contribution in [2.75, 3.05) is 41.3 Å². The zero-order chi connectivity index (χ0) is 19.3. The number of hydrogen-bond donors (Lipinski definition) is 1. The molecule has 0 atom stereocenters. The molecule has 0 bridgehead atoms. The van der Waals surface area contributed by atoms with Gasteiger partial charge in [-0.25, -0.2) is 4.39 Å². The van der Waals surface area contributed by atoms with Crippen molar-refractivity contribution in [3.63, 3.8) is 0 Å². The SMILES string of the molecule is O=C(Nc1ccc(N2CCN(c3ccccc3F)CC2)nn1)c1cccnc1. The summed E-state index contributed by atoms with van der Waals surface area (Å²) in [4.78, 5) is 20.2. The van der Waals surface area contributed by atoms with E-state index >= 15 is 0 Å². The van der Waals surface area contributed by atoms with Gasteiger partial charge in [-0.15, -0.1) is 10.2 Å². The first-order valence-electron chi connectivity index (χ1n) is 9.00. The summed E-state index contributed by atoms with van der Waals surface area (Å²) in [7, 11) is 0. The average molecular weight is 378 g/mol. The van der Waals surface area contributed by atoms with Crippen LogP contribution in [0.2, 0.25) is 0 Å². The Morgan fingerprint density at radius 1 is 0.929 bits per heavy atom. The first-order valence-corrected chi connectivity index (χ1v) is 9.00. The number of aromatic nitrogens is 3. The standard InChI is InChI=1S/C20H19FN6O/c21-16-5-1-2-6-17(16)26-10-12-27(13-11-26)19-8-7-18(24-25-19)23-20(28)15-4-3-9-22-14-15/h1-9,14H,10-13H2,(H,23,24,28). The van der Waals surface area contributed by atoms with E-state index in [1.54, 1.807) is 36.5 Å². The predicted molar refractivity (Wildman–Crippen MR) is 105 cm³/mol. The molecular weight excluding hydrogens is 359 g/mol. The third-order valence-corrected chi connectivity index (χ3v) is 4.61. The van der Waals surface area contributed by atoms with Crippen molar-refractivity contribution in [2.45, 2.75) is 0 Å². The number of nitrogens with one attached hydrogen (secondary N) is 1. The van der Waals surface area contributed by atoms with E-state index in [1.165, 1.54) is 12.3 Å². The van der Waals surface area contributed by atoms with Crippen molar-refractivity contribution in [3.05, 3.63) is 72.3 Å². The quantitative estimate of drug-likeness (QED) is 0.752. The molecule has 28 heavy (non-hydrogen) atoms. The van der Waals surface area contributed by atoms with Gasteiger partial charge in [-0.1, -0.05) is 12.1 Å². The first-order chi connectivity index (χ1) is 13.7.